The predicted molar refractivity (Wildman–Crippen MR) is 94.9 cm³/mol. The molecule has 0 aliphatic carbocycles. The molecule has 0 saturated heterocycles. The average Bonchev–Trinajstić information content (AvgIpc) is 2.27. The Morgan fingerprint density at radius 3 is 2.24 bits per heavy atom. The van der Waals surface area contributed by atoms with Crippen LogP contribution in [0.1, 0.15) is 53.5 Å². The van der Waals surface area contributed by atoms with Gasteiger partial charge in [0, 0.05) is 12.1 Å². The zero-order chi connectivity index (χ0) is 15.4. The van der Waals surface area contributed by atoms with Crippen molar-refractivity contribution in [1.82, 2.24) is 5.32 Å². The molecule has 122 valence electrons. The first-order valence-corrected chi connectivity index (χ1v) is 7.67. The summed E-state index contributed by atoms with van der Waals surface area (Å²) in [5.41, 5.74) is 1.59. The van der Waals surface area contributed by atoms with Crippen molar-refractivity contribution in [2.75, 3.05) is 6.61 Å². The molecule has 21 heavy (non-hydrogen) atoms. The van der Waals surface area contributed by atoms with Crippen molar-refractivity contribution >= 4 is 24.0 Å². The molecule has 4 heteroatoms. The lowest BCUT2D eigenvalue weighted by molar-refractivity contribution is 0.240. The van der Waals surface area contributed by atoms with E-state index in [0.29, 0.717) is 17.0 Å². The summed E-state index contributed by atoms with van der Waals surface area (Å²) in [4.78, 5) is 0. The maximum Gasteiger partial charge on any atom is 0.137 e. The number of nitrogens with one attached hydrogen (secondary N) is 1. The normalized spacial score (nSPS) is 12.0. The lowest BCUT2D eigenvalue weighted by atomic mass is 9.82. The molecule has 0 heterocycles. The number of ether oxygens (including phenoxy) is 1. The van der Waals surface area contributed by atoms with E-state index in [9.17, 15) is 0 Å². The number of benzene rings is 1. The second-order valence-electron chi connectivity index (χ2n) is 7.17. The second kappa shape index (κ2) is 8.26. The average molecular weight is 334 g/mol. The van der Waals surface area contributed by atoms with Crippen LogP contribution in [0.5, 0.6) is 5.75 Å². The minimum atomic E-state index is 0. The first-order chi connectivity index (χ1) is 9.13. The highest BCUT2D eigenvalue weighted by molar-refractivity contribution is 6.32. The standard InChI is InChI=1S/C17H28ClNO.ClH/c1-7-20-15-9-8-13(10-14(15)18)11-19-17(5,6)12-16(2,3)4;/h8-10,19H,7,11-12H2,1-6H3;1H. The SMILES string of the molecule is CCOc1ccc(CNC(C)(C)CC(C)(C)C)cc1Cl.Cl. The van der Waals surface area contributed by atoms with Crippen molar-refractivity contribution < 1.29 is 4.74 Å². The Hall–Kier alpha value is -0.440. The van der Waals surface area contributed by atoms with Gasteiger partial charge in [0.05, 0.1) is 11.6 Å². The zero-order valence-electron chi connectivity index (χ0n) is 14.0. The molecular formula is C17H29Cl2NO. The van der Waals surface area contributed by atoms with Gasteiger partial charge in [0.1, 0.15) is 5.75 Å². The molecule has 0 spiro atoms. The Labute approximate surface area is 141 Å². The fourth-order valence-corrected chi connectivity index (χ4v) is 2.91. The van der Waals surface area contributed by atoms with Gasteiger partial charge in [0.2, 0.25) is 0 Å². The van der Waals surface area contributed by atoms with Crippen molar-refractivity contribution in [2.45, 2.75) is 60.0 Å². The van der Waals surface area contributed by atoms with Crippen molar-refractivity contribution in [3.63, 3.8) is 0 Å². The fourth-order valence-electron chi connectivity index (χ4n) is 2.66. The van der Waals surface area contributed by atoms with E-state index >= 15 is 0 Å². The third-order valence-electron chi connectivity index (χ3n) is 3.04. The lowest BCUT2D eigenvalue weighted by Crippen LogP contribution is -2.41. The number of halogens is 2. The summed E-state index contributed by atoms with van der Waals surface area (Å²) in [5, 5.41) is 4.29. The Morgan fingerprint density at radius 2 is 1.76 bits per heavy atom. The highest BCUT2D eigenvalue weighted by Crippen LogP contribution is 2.28. The summed E-state index contributed by atoms with van der Waals surface area (Å²) >= 11 is 6.21. The summed E-state index contributed by atoms with van der Waals surface area (Å²) in [6.45, 7) is 14.7. The largest absolute Gasteiger partial charge is 0.492 e. The van der Waals surface area contributed by atoms with Crippen LogP contribution >= 0.6 is 24.0 Å². The maximum atomic E-state index is 6.21. The van der Waals surface area contributed by atoms with Crippen LogP contribution in [0.15, 0.2) is 18.2 Å². The molecule has 0 radical (unpaired) electrons. The molecule has 0 bridgehead atoms. The quantitative estimate of drug-likeness (QED) is 0.745. The van der Waals surface area contributed by atoms with Crippen LogP contribution in [-0.4, -0.2) is 12.1 Å². The van der Waals surface area contributed by atoms with E-state index in [1.54, 1.807) is 0 Å². The molecule has 0 atom stereocenters. The van der Waals surface area contributed by atoms with Crippen LogP contribution in [0.3, 0.4) is 0 Å². The first kappa shape index (κ1) is 20.6. The molecule has 0 saturated carbocycles. The van der Waals surface area contributed by atoms with E-state index in [-0.39, 0.29) is 17.9 Å². The smallest absolute Gasteiger partial charge is 0.137 e. The van der Waals surface area contributed by atoms with E-state index in [1.807, 2.05) is 19.1 Å². The van der Waals surface area contributed by atoms with Gasteiger partial charge in [-0.1, -0.05) is 38.4 Å². The number of hydrogen-bond acceptors (Lipinski definition) is 2. The highest BCUT2D eigenvalue weighted by atomic mass is 35.5. The van der Waals surface area contributed by atoms with Crippen LogP contribution in [-0.2, 0) is 6.54 Å². The Bertz CT molecular complexity index is 439. The maximum absolute atomic E-state index is 6.21. The van der Waals surface area contributed by atoms with Crippen LogP contribution in [0.25, 0.3) is 0 Å². The van der Waals surface area contributed by atoms with Crippen molar-refractivity contribution in [1.29, 1.82) is 0 Å². The fraction of sp³-hybridized carbons (Fsp3) is 0.647. The first-order valence-electron chi connectivity index (χ1n) is 7.29. The van der Waals surface area contributed by atoms with Crippen molar-refractivity contribution in [2.24, 2.45) is 5.41 Å². The van der Waals surface area contributed by atoms with Gasteiger partial charge in [-0.05, 0) is 50.3 Å². The summed E-state index contributed by atoms with van der Waals surface area (Å²) in [6, 6.07) is 5.99. The molecule has 0 fully saturated rings. The third kappa shape index (κ3) is 7.94. The van der Waals surface area contributed by atoms with E-state index in [0.717, 1.165) is 18.7 Å². The van der Waals surface area contributed by atoms with Gasteiger partial charge in [-0.15, -0.1) is 12.4 Å². The highest BCUT2D eigenvalue weighted by Gasteiger charge is 2.24. The van der Waals surface area contributed by atoms with Crippen LogP contribution < -0.4 is 10.1 Å². The number of hydrogen-bond donors (Lipinski definition) is 1. The number of rotatable bonds is 6. The van der Waals surface area contributed by atoms with Gasteiger partial charge in [0.25, 0.3) is 0 Å². The topological polar surface area (TPSA) is 21.3 Å². The van der Waals surface area contributed by atoms with Crippen LogP contribution in [0.2, 0.25) is 5.02 Å². The molecule has 0 aliphatic rings. The molecule has 0 aromatic heterocycles. The van der Waals surface area contributed by atoms with E-state index in [1.165, 1.54) is 5.56 Å². The van der Waals surface area contributed by atoms with Crippen molar-refractivity contribution in [3.8, 4) is 5.75 Å². The predicted octanol–water partition coefficient (Wildman–Crippen LogP) is 5.46. The summed E-state index contributed by atoms with van der Waals surface area (Å²) < 4.78 is 5.45. The minimum Gasteiger partial charge on any atom is -0.492 e. The van der Waals surface area contributed by atoms with Crippen LogP contribution in [0.4, 0.5) is 0 Å². The van der Waals surface area contributed by atoms with Gasteiger partial charge in [-0.3, -0.25) is 0 Å². The Balaban J connectivity index is 0.00000400. The monoisotopic (exact) mass is 333 g/mol. The molecule has 0 amide bonds. The lowest BCUT2D eigenvalue weighted by Gasteiger charge is -2.33. The van der Waals surface area contributed by atoms with Crippen molar-refractivity contribution in [3.05, 3.63) is 28.8 Å². The van der Waals surface area contributed by atoms with E-state index in [2.05, 4.69) is 46.0 Å². The van der Waals surface area contributed by atoms with Gasteiger partial charge >= 0.3 is 0 Å². The molecular weight excluding hydrogens is 305 g/mol. The van der Waals surface area contributed by atoms with Gasteiger partial charge in [-0.2, -0.15) is 0 Å². The van der Waals surface area contributed by atoms with E-state index < -0.39 is 0 Å². The van der Waals surface area contributed by atoms with Gasteiger partial charge in [-0.25, -0.2) is 0 Å². The Kier molecular flexibility index (Phi) is 8.09. The zero-order valence-corrected chi connectivity index (χ0v) is 15.6. The molecule has 2 nitrogen and oxygen atoms in total. The molecule has 1 aromatic carbocycles. The Morgan fingerprint density at radius 1 is 1.14 bits per heavy atom. The third-order valence-corrected chi connectivity index (χ3v) is 3.33. The second-order valence-corrected chi connectivity index (χ2v) is 7.58. The molecule has 1 rings (SSSR count). The van der Waals surface area contributed by atoms with Crippen LogP contribution in [0, 0.1) is 5.41 Å². The summed E-state index contributed by atoms with van der Waals surface area (Å²) in [6.07, 6.45) is 1.12. The minimum absolute atomic E-state index is 0. The molecule has 1 N–H and O–H groups in total. The molecule has 1 aromatic rings. The summed E-state index contributed by atoms with van der Waals surface area (Å²) in [7, 11) is 0. The molecule has 0 aliphatic heterocycles. The summed E-state index contributed by atoms with van der Waals surface area (Å²) in [5.74, 6) is 0.756. The van der Waals surface area contributed by atoms with Gasteiger partial charge in [0.15, 0.2) is 0 Å². The van der Waals surface area contributed by atoms with Gasteiger partial charge < -0.3 is 10.1 Å². The van der Waals surface area contributed by atoms with E-state index in [4.69, 9.17) is 16.3 Å². The molecule has 0 unspecified atom stereocenters.